The van der Waals surface area contributed by atoms with Gasteiger partial charge in [0.15, 0.2) is 11.6 Å². The van der Waals surface area contributed by atoms with Crippen LogP contribution in [0.2, 0.25) is 0 Å². The van der Waals surface area contributed by atoms with Gasteiger partial charge in [-0.15, -0.1) is 0 Å². The highest BCUT2D eigenvalue weighted by Gasteiger charge is 2.27. The minimum Gasteiger partial charge on any atom is -0.378 e. The van der Waals surface area contributed by atoms with E-state index in [-0.39, 0.29) is 17.7 Å². The molecule has 1 amide bonds. The molecule has 1 N–H and O–H groups in total. The van der Waals surface area contributed by atoms with Crippen molar-refractivity contribution in [2.75, 3.05) is 37.7 Å². The summed E-state index contributed by atoms with van der Waals surface area (Å²) < 4.78 is 31.8. The Morgan fingerprint density at radius 2 is 1.93 bits per heavy atom. The molecule has 27 heavy (non-hydrogen) atoms. The van der Waals surface area contributed by atoms with Crippen molar-refractivity contribution >= 4 is 11.9 Å². The zero-order valence-corrected chi connectivity index (χ0v) is 14.5. The third-order valence-corrected chi connectivity index (χ3v) is 4.82. The first-order valence-corrected chi connectivity index (χ1v) is 8.72. The first-order valence-electron chi connectivity index (χ1n) is 8.72. The summed E-state index contributed by atoms with van der Waals surface area (Å²) in [6.45, 7) is 2.91. The molecule has 142 valence electrons. The Hall–Kier alpha value is -2.81. The Balaban J connectivity index is 1.56. The first-order chi connectivity index (χ1) is 13.0. The number of carbonyl (C=O) groups excluding carboxylic acids is 1. The fourth-order valence-corrected chi connectivity index (χ4v) is 3.32. The number of aromatic amines is 1. The second-order valence-electron chi connectivity index (χ2n) is 6.52. The highest BCUT2D eigenvalue weighted by molar-refractivity contribution is 5.94. The van der Waals surface area contributed by atoms with Crippen molar-refractivity contribution in [2.45, 2.75) is 13.0 Å². The largest absolute Gasteiger partial charge is 0.378 e. The summed E-state index contributed by atoms with van der Waals surface area (Å²) in [5.41, 5.74) is 0.847. The molecule has 0 spiro atoms. The molecule has 4 rings (SSSR count). The van der Waals surface area contributed by atoms with Crippen LogP contribution >= 0.6 is 0 Å². The summed E-state index contributed by atoms with van der Waals surface area (Å²) in [4.78, 5) is 35.9. The van der Waals surface area contributed by atoms with Crippen LogP contribution in [0.1, 0.15) is 21.6 Å². The normalized spacial score (nSPS) is 17.0. The number of fused-ring (bicyclic) bond motifs is 1. The van der Waals surface area contributed by atoms with E-state index in [4.69, 9.17) is 4.74 Å². The van der Waals surface area contributed by atoms with Gasteiger partial charge >= 0.3 is 0 Å². The van der Waals surface area contributed by atoms with E-state index in [0.717, 1.165) is 12.1 Å². The number of nitrogens with zero attached hydrogens (tertiary/aromatic N) is 3. The van der Waals surface area contributed by atoms with E-state index in [9.17, 15) is 18.4 Å². The molecule has 2 aliphatic rings. The Kier molecular flexibility index (Phi) is 4.61. The van der Waals surface area contributed by atoms with E-state index in [2.05, 4.69) is 9.97 Å². The molecule has 0 atom stereocenters. The van der Waals surface area contributed by atoms with Gasteiger partial charge in [0, 0.05) is 31.6 Å². The van der Waals surface area contributed by atoms with Crippen LogP contribution in [-0.4, -0.2) is 53.6 Å². The van der Waals surface area contributed by atoms with Gasteiger partial charge in [0.2, 0.25) is 5.95 Å². The summed E-state index contributed by atoms with van der Waals surface area (Å²) in [6, 6.07) is 3.03. The highest BCUT2D eigenvalue weighted by Crippen LogP contribution is 2.19. The van der Waals surface area contributed by atoms with Crippen molar-refractivity contribution < 1.29 is 18.3 Å². The van der Waals surface area contributed by atoms with E-state index in [1.54, 1.807) is 0 Å². The molecular weight excluding hydrogens is 358 g/mol. The maximum Gasteiger partial charge on any atom is 0.257 e. The quantitative estimate of drug-likeness (QED) is 0.849. The predicted molar refractivity (Wildman–Crippen MR) is 92.7 cm³/mol. The molecule has 2 aromatic rings. The van der Waals surface area contributed by atoms with Crippen molar-refractivity contribution in [2.24, 2.45) is 0 Å². The summed E-state index contributed by atoms with van der Waals surface area (Å²) >= 11 is 0. The van der Waals surface area contributed by atoms with Crippen molar-refractivity contribution in [1.29, 1.82) is 0 Å². The zero-order valence-electron chi connectivity index (χ0n) is 14.5. The van der Waals surface area contributed by atoms with Crippen molar-refractivity contribution in [3.05, 3.63) is 57.0 Å². The zero-order chi connectivity index (χ0) is 19.0. The van der Waals surface area contributed by atoms with Crippen LogP contribution in [0.5, 0.6) is 0 Å². The molecular formula is C18H18F2N4O3. The smallest absolute Gasteiger partial charge is 0.257 e. The Morgan fingerprint density at radius 1 is 1.15 bits per heavy atom. The number of hydrogen-bond acceptors (Lipinski definition) is 5. The number of hydrogen-bond donors (Lipinski definition) is 1. The van der Waals surface area contributed by atoms with Gasteiger partial charge in [0.1, 0.15) is 0 Å². The lowest BCUT2D eigenvalue weighted by Crippen LogP contribution is -2.42. The number of anilines is 1. The van der Waals surface area contributed by atoms with Gasteiger partial charge < -0.3 is 14.5 Å². The van der Waals surface area contributed by atoms with Gasteiger partial charge in [-0.2, -0.15) is 0 Å². The predicted octanol–water partition coefficient (Wildman–Crippen LogP) is 1.08. The molecule has 1 aromatic carbocycles. The molecule has 1 aromatic heterocycles. The number of benzene rings is 1. The van der Waals surface area contributed by atoms with E-state index in [1.807, 2.05) is 4.90 Å². The Bertz CT molecular complexity index is 941. The molecule has 2 aliphatic heterocycles. The number of H-pyrrole nitrogens is 1. The average molecular weight is 376 g/mol. The fraction of sp³-hybridized carbons (Fsp3) is 0.389. The molecule has 0 saturated carbocycles. The molecule has 3 heterocycles. The molecule has 0 unspecified atom stereocenters. The average Bonchev–Trinajstić information content (AvgIpc) is 2.70. The molecule has 0 bridgehead atoms. The summed E-state index contributed by atoms with van der Waals surface area (Å²) in [5.74, 6) is -2.02. The lowest BCUT2D eigenvalue weighted by atomic mass is 10.1. The van der Waals surface area contributed by atoms with Crippen LogP contribution < -0.4 is 10.5 Å². The van der Waals surface area contributed by atoms with E-state index in [0.29, 0.717) is 56.5 Å². The van der Waals surface area contributed by atoms with Gasteiger partial charge in [-0.3, -0.25) is 14.6 Å². The SMILES string of the molecule is O=C(c1ccc(F)c(F)c1)N1CCc2nc(N3CCOCC3)[nH]c(=O)c2C1. The number of rotatable bonds is 2. The third kappa shape index (κ3) is 3.42. The second kappa shape index (κ2) is 7.07. The van der Waals surface area contributed by atoms with Crippen LogP contribution in [0.25, 0.3) is 0 Å². The Labute approximate surface area is 153 Å². The standard InChI is InChI=1S/C18H18F2N4O3/c19-13-2-1-11(9-14(13)20)17(26)24-4-3-15-12(10-24)16(25)22-18(21-15)23-5-7-27-8-6-23/h1-2,9H,3-8,10H2,(H,21,22,25). The summed E-state index contributed by atoms with van der Waals surface area (Å²) in [5, 5.41) is 0. The third-order valence-electron chi connectivity index (χ3n) is 4.82. The lowest BCUT2D eigenvalue weighted by molar-refractivity contribution is 0.0732. The number of aromatic nitrogens is 2. The van der Waals surface area contributed by atoms with Gasteiger partial charge in [0.05, 0.1) is 31.0 Å². The van der Waals surface area contributed by atoms with Crippen LogP contribution in [0.4, 0.5) is 14.7 Å². The monoisotopic (exact) mass is 376 g/mol. The number of carbonyl (C=O) groups is 1. The summed E-state index contributed by atoms with van der Waals surface area (Å²) in [7, 11) is 0. The molecule has 1 saturated heterocycles. The molecule has 7 nitrogen and oxygen atoms in total. The lowest BCUT2D eigenvalue weighted by Gasteiger charge is -2.30. The van der Waals surface area contributed by atoms with E-state index in [1.165, 1.54) is 11.0 Å². The Morgan fingerprint density at radius 3 is 2.67 bits per heavy atom. The minimum absolute atomic E-state index is 0.0478. The van der Waals surface area contributed by atoms with Crippen LogP contribution in [0.15, 0.2) is 23.0 Å². The molecule has 1 fully saturated rings. The van der Waals surface area contributed by atoms with Gasteiger partial charge in [-0.05, 0) is 18.2 Å². The van der Waals surface area contributed by atoms with Gasteiger partial charge in [0.25, 0.3) is 11.5 Å². The number of amides is 1. The maximum atomic E-state index is 13.4. The maximum absolute atomic E-state index is 13.4. The number of halogens is 2. The molecule has 0 aliphatic carbocycles. The highest BCUT2D eigenvalue weighted by atomic mass is 19.2. The topological polar surface area (TPSA) is 78.5 Å². The first kappa shape index (κ1) is 17.6. The van der Waals surface area contributed by atoms with Crippen LogP contribution in [-0.2, 0) is 17.7 Å². The fourth-order valence-electron chi connectivity index (χ4n) is 3.32. The second-order valence-corrected chi connectivity index (χ2v) is 6.52. The number of morpholine rings is 1. The minimum atomic E-state index is -1.08. The van der Waals surface area contributed by atoms with Crippen molar-refractivity contribution in [3.8, 4) is 0 Å². The number of ether oxygens (including phenoxy) is 1. The number of nitrogens with one attached hydrogen (secondary N) is 1. The van der Waals surface area contributed by atoms with Gasteiger partial charge in [-0.1, -0.05) is 0 Å². The van der Waals surface area contributed by atoms with E-state index < -0.39 is 17.5 Å². The van der Waals surface area contributed by atoms with Crippen LogP contribution in [0.3, 0.4) is 0 Å². The summed E-state index contributed by atoms with van der Waals surface area (Å²) in [6.07, 6.45) is 0.423. The van der Waals surface area contributed by atoms with E-state index >= 15 is 0 Å². The van der Waals surface area contributed by atoms with Gasteiger partial charge in [-0.25, -0.2) is 13.8 Å². The molecule has 0 radical (unpaired) electrons. The van der Waals surface area contributed by atoms with Crippen molar-refractivity contribution in [1.82, 2.24) is 14.9 Å². The van der Waals surface area contributed by atoms with Crippen molar-refractivity contribution in [3.63, 3.8) is 0 Å². The molecule has 9 heteroatoms. The van der Waals surface area contributed by atoms with Crippen LogP contribution in [0, 0.1) is 11.6 Å².